The fourth-order valence-electron chi connectivity index (χ4n) is 1.81. The van der Waals surface area contributed by atoms with Crippen LogP contribution in [0.3, 0.4) is 0 Å². The molecule has 0 amide bonds. The zero-order valence-corrected chi connectivity index (χ0v) is 11.1. The van der Waals surface area contributed by atoms with Gasteiger partial charge in [0.2, 0.25) is 0 Å². The molecule has 0 spiro atoms. The van der Waals surface area contributed by atoms with Gasteiger partial charge >= 0.3 is 0 Å². The van der Waals surface area contributed by atoms with Gasteiger partial charge in [-0.2, -0.15) is 0 Å². The average Bonchev–Trinajstić information content (AvgIpc) is 2.37. The molecule has 3 N–H and O–H groups in total. The maximum absolute atomic E-state index is 5.95. The van der Waals surface area contributed by atoms with Gasteiger partial charge < -0.3 is 20.7 Å². The van der Waals surface area contributed by atoms with Crippen LogP contribution in [0.25, 0.3) is 0 Å². The van der Waals surface area contributed by atoms with E-state index in [1.54, 1.807) is 0 Å². The van der Waals surface area contributed by atoms with Crippen LogP contribution in [0, 0.1) is 0 Å². The van der Waals surface area contributed by atoms with E-state index in [0.717, 1.165) is 37.9 Å². The lowest BCUT2D eigenvalue weighted by Crippen LogP contribution is -2.40. The molecule has 1 fully saturated rings. The van der Waals surface area contributed by atoms with Crippen molar-refractivity contribution in [1.82, 2.24) is 4.98 Å². The molecule has 0 aromatic carbocycles. The van der Waals surface area contributed by atoms with Gasteiger partial charge in [0.15, 0.2) is 0 Å². The molecule has 0 bridgehead atoms. The van der Waals surface area contributed by atoms with Gasteiger partial charge in [-0.1, -0.05) is 6.07 Å². The molecule has 18 heavy (non-hydrogen) atoms. The Labute approximate surface area is 108 Å². The van der Waals surface area contributed by atoms with Crippen molar-refractivity contribution in [2.45, 2.75) is 19.4 Å². The number of nitrogens with two attached hydrogens (primary N) is 1. The fraction of sp³-hybridized carbons (Fsp3) is 0.615. The van der Waals surface area contributed by atoms with E-state index >= 15 is 0 Å². The second-order valence-corrected chi connectivity index (χ2v) is 5.32. The first-order valence-electron chi connectivity index (χ1n) is 6.37. The second kappa shape index (κ2) is 5.54. The third-order valence-corrected chi connectivity index (χ3v) is 2.79. The number of pyridine rings is 1. The van der Waals surface area contributed by atoms with Gasteiger partial charge in [-0.05, 0) is 26.0 Å². The molecular weight excluding hydrogens is 228 g/mol. The molecule has 1 aromatic heterocycles. The number of nitrogens with zero attached hydrogens (tertiary/aromatic N) is 2. The molecule has 0 unspecified atom stereocenters. The molecular formula is C13H22N4O. The lowest BCUT2D eigenvalue weighted by molar-refractivity contribution is 0.122. The van der Waals surface area contributed by atoms with E-state index in [9.17, 15) is 0 Å². The molecule has 1 aliphatic heterocycles. The first-order valence-corrected chi connectivity index (χ1v) is 6.37. The minimum absolute atomic E-state index is 0.239. The van der Waals surface area contributed by atoms with Crippen LogP contribution in [0.15, 0.2) is 18.2 Å². The average molecular weight is 250 g/mol. The van der Waals surface area contributed by atoms with Crippen LogP contribution in [0.5, 0.6) is 0 Å². The van der Waals surface area contributed by atoms with Crippen molar-refractivity contribution in [1.29, 1.82) is 0 Å². The zero-order chi connectivity index (χ0) is 13.0. The summed E-state index contributed by atoms with van der Waals surface area (Å²) < 4.78 is 5.34. The lowest BCUT2D eigenvalue weighted by atomic mass is 10.1. The quantitative estimate of drug-likeness (QED) is 0.837. The minimum Gasteiger partial charge on any atom is -0.378 e. The van der Waals surface area contributed by atoms with Crippen molar-refractivity contribution in [3.63, 3.8) is 0 Å². The number of rotatable bonds is 4. The Morgan fingerprint density at radius 3 is 2.78 bits per heavy atom. The van der Waals surface area contributed by atoms with E-state index in [-0.39, 0.29) is 5.54 Å². The summed E-state index contributed by atoms with van der Waals surface area (Å²) >= 11 is 0. The molecule has 1 aromatic rings. The molecule has 1 aliphatic rings. The van der Waals surface area contributed by atoms with E-state index in [1.807, 2.05) is 32.0 Å². The van der Waals surface area contributed by atoms with Crippen LogP contribution in [0.2, 0.25) is 0 Å². The Morgan fingerprint density at radius 2 is 2.11 bits per heavy atom. The molecule has 5 nitrogen and oxygen atoms in total. The second-order valence-electron chi connectivity index (χ2n) is 5.32. The van der Waals surface area contributed by atoms with Gasteiger partial charge in [-0.25, -0.2) is 4.98 Å². The first kappa shape index (κ1) is 13.1. The number of anilines is 2. The highest BCUT2D eigenvalue weighted by atomic mass is 16.5. The van der Waals surface area contributed by atoms with E-state index in [2.05, 4.69) is 15.2 Å². The Hall–Kier alpha value is -1.33. The summed E-state index contributed by atoms with van der Waals surface area (Å²) in [5.74, 6) is 1.87. The van der Waals surface area contributed by atoms with Gasteiger partial charge in [-0.15, -0.1) is 0 Å². The van der Waals surface area contributed by atoms with E-state index in [4.69, 9.17) is 10.5 Å². The normalized spacial score (nSPS) is 16.7. The molecule has 5 heteroatoms. The number of morpholine rings is 1. The number of hydrogen-bond donors (Lipinski definition) is 2. The Balaban J connectivity index is 2.00. The third-order valence-electron chi connectivity index (χ3n) is 2.79. The topological polar surface area (TPSA) is 63.4 Å². The number of aromatic nitrogens is 1. The fourth-order valence-corrected chi connectivity index (χ4v) is 1.81. The number of nitrogens with one attached hydrogen (secondary N) is 1. The highest BCUT2D eigenvalue weighted by molar-refractivity contribution is 5.47. The Morgan fingerprint density at radius 1 is 1.39 bits per heavy atom. The molecule has 100 valence electrons. The van der Waals surface area contributed by atoms with Gasteiger partial charge in [0.25, 0.3) is 0 Å². The summed E-state index contributed by atoms with van der Waals surface area (Å²) in [5.41, 5.74) is 5.71. The van der Waals surface area contributed by atoms with Crippen molar-refractivity contribution in [2.24, 2.45) is 5.73 Å². The first-order chi connectivity index (χ1) is 8.54. The lowest BCUT2D eigenvalue weighted by Gasteiger charge is -2.28. The van der Waals surface area contributed by atoms with Gasteiger partial charge in [0, 0.05) is 25.2 Å². The predicted molar refractivity (Wildman–Crippen MR) is 74.0 cm³/mol. The molecule has 0 radical (unpaired) electrons. The molecule has 0 aliphatic carbocycles. The Bertz CT molecular complexity index is 383. The van der Waals surface area contributed by atoms with Crippen LogP contribution >= 0.6 is 0 Å². The van der Waals surface area contributed by atoms with Crippen LogP contribution < -0.4 is 16.0 Å². The van der Waals surface area contributed by atoms with Crippen molar-refractivity contribution in [3.8, 4) is 0 Å². The molecule has 1 saturated heterocycles. The van der Waals surface area contributed by atoms with Gasteiger partial charge in [0.1, 0.15) is 11.6 Å². The SMILES string of the molecule is CC(C)(N)CNc1cccc(N2CCOCC2)n1. The van der Waals surface area contributed by atoms with E-state index in [0.29, 0.717) is 6.54 Å². The van der Waals surface area contributed by atoms with Gasteiger partial charge in [0.05, 0.1) is 13.2 Å². The summed E-state index contributed by atoms with van der Waals surface area (Å²) in [6.07, 6.45) is 0. The summed E-state index contributed by atoms with van der Waals surface area (Å²) in [6.45, 7) is 8.03. The van der Waals surface area contributed by atoms with E-state index in [1.165, 1.54) is 0 Å². The third kappa shape index (κ3) is 3.85. The summed E-state index contributed by atoms with van der Waals surface area (Å²) in [7, 11) is 0. The standard InChI is InChI=1S/C13H22N4O/c1-13(2,14)10-15-11-4-3-5-12(16-11)17-6-8-18-9-7-17/h3-5H,6-10,14H2,1-2H3,(H,15,16). The number of hydrogen-bond acceptors (Lipinski definition) is 5. The van der Waals surface area contributed by atoms with E-state index < -0.39 is 0 Å². The summed E-state index contributed by atoms with van der Waals surface area (Å²) in [5, 5.41) is 3.27. The van der Waals surface area contributed by atoms with Gasteiger partial charge in [-0.3, -0.25) is 0 Å². The molecule has 0 saturated carbocycles. The molecule has 2 rings (SSSR count). The highest BCUT2D eigenvalue weighted by Crippen LogP contribution is 2.15. The Kier molecular flexibility index (Phi) is 4.04. The summed E-state index contributed by atoms with van der Waals surface area (Å²) in [4.78, 5) is 6.84. The summed E-state index contributed by atoms with van der Waals surface area (Å²) in [6, 6.07) is 6.02. The van der Waals surface area contributed by atoms with Crippen molar-refractivity contribution >= 4 is 11.6 Å². The largest absolute Gasteiger partial charge is 0.378 e. The number of ether oxygens (including phenoxy) is 1. The van der Waals surface area contributed by atoms with Crippen molar-refractivity contribution in [3.05, 3.63) is 18.2 Å². The van der Waals surface area contributed by atoms with Crippen molar-refractivity contribution in [2.75, 3.05) is 43.1 Å². The maximum Gasteiger partial charge on any atom is 0.131 e. The van der Waals surface area contributed by atoms with Crippen LogP contribution in [-0.4, -0.2) is 43.4 Å². The highest BCUT2D eigenvalue weighted by Gasteiger charge is 2.13. The minimum atomic E-state index is -0.239. The van der Waals surface area contributed by atoms with Crippen LogP contribution in [0.4, 0.5) is 11.6 Å². The monoisotopic (exact) mass is 250 g/mol. The van der Waals surface area contributed by atoms with Crippen LogP contribution in [0.1, 0.15) is 13.8 Å². The smallest absolute Gasteiger partial charge is 0.131 e. The predicted octanol–water partition coefficient (Wildman–Crippen LogP) is 1.07. The zero-order valence-electron chi connectivity index (χ0n) is 11.1. The van der Waals surface area contributed by atoms with Crippen molar-refractivity contribution < 1.29 is 4.74 Å². The molecule has 2 heterocycles. The van der Waals surface area contributed by atoms with Crippen LogP contribution in [-0.2, 0) is 4.74 Å². The maximum atomic E-state index is 5.95. The molecule has 0 atom stereocenters.